The van der Waals surface area contributed by atoms with Crippen molar-refractivity contribution in [3.05, 3.63) is 59.1 Å². The molecule has 1 aliphatic heterocycles. The van der Waals surface area contributed by atoms with Crippen molar-refractivity contribution in [2.24, 2.45) is 0 Å². The second kappa shape index (κ2) is 12.2. The Morgan fingerprint density at radius 2 is 1.54 bits per heavy atom. The van der Waals surface area contributed by atoms with Gasteiger partial charge < -0.3 is 18.9 Å². The van der Waals surface area contributed by atoms with Gasteiger partial charge in [0.25, 0.3) is 0 Å². The van der Waals surface area contributed by atoms with Crippen LogP contribution in [-0.4, -0.2) is 39.0 Å². The molecule has 1 N–H and O–H groups in total. The molecule has 1 heterocycles. The van der Waals surface area contributed by atoms with E-state index >= 15 is 0 Å². The average molecular weight is 592 g/mol. The number of halogens is 1. The first-order valence-corrected chi connectivity index (χ1v) is 16.8. The summed E-state index contributed by atoms with van der Waals surface area (Å²) in [4.78, 5) is 15.2. The summed E-state index contributed by atoms with van der Waals surface area (Å²) in [6, 6.07) is 16.5. The summed E-state index contributed by atoms with van der Waals surface area (Å²) in [5.74, 6) is 0. The molecule has 2 aromatic rings. The van der Waals surface area contributed by atoms with Crippen LogP contribution in [0.2, 0.25) is 15.1 Å². The van der Waals surface area contributed by atoms with Gasteiger partial charge in [0, 0.05) is 24.9 Å². The van der Waals surface area contributed by atoms with E-state index in [0.29, 0.717) is 13.2 Å². The molecular formula is C31H46ClNO4SSi. The van der Waals surface area contributed by atoms with E-state index in [2.05, 4.69) is 77.2 Å². The highest BCUT2D eigenvalue weighted by Gasteiger charge is 2.62. The van der Waals surface area contributed by atoms with Gasteiger partial charge in [-0.05, 0) is 75.9 Å². The highest BCUT2D eigenvalue weighted by molar-refractivity contribution is 7.99. The van der Waals surface area contributed by atoms with Crippen molar-refractivity contribution in [2.45, 2.75) is 113 Å². The number of amides is 1. The number of carbonyl (C=O) groups excluding carboxylic acids is 1. The first kappa shape index (κ1) is 32.0. The second-order valence-corrected chi connectivity index (χ2v) is 20.1. The predicted octanol–water partition coefficient (Wildman–Crippen LogP) is 9.17. The number of hydrogen-bond acceptors (Lipinski definition) is 5. The largest absolute Gasteiger partial charge is 0.444 e. The third-order valence-electron chi connectivity index (χ3n) is 6.92. The van der Waals surface area contributed by atoms with Gasteiger partial charge >= 0.3 is 14.7 Å². The number of rotatable bonds is 7. The number of benzene rings is 2. The number of hydrogen-bond donors (Lipinski definition) is 1. The van der Waals surface area contributed by atoms with E-state index in [0.717, 1.165) is 29.2 Å². The first-order chi connectivity index (χ1) is 17.9. The van der Waals surface area contributed by atoms with Crippen LogP contribution >= 0.6 is 23.4 Å². The van der Waals surface area contributed by atoms with Gasteiger partial charge in [-0.15, -0.1) is 0 Å². The normalized spacial score (nSPS) is 17.5. The Balaban J connectivity index is 1.69. The van der Waals surface area contributed by atoms with E-state index < -0.39 is 25.8 Å². The van der Waals surface area contributed by atoms with Gasteiger partial charge in [0.2, 0.25) is 0 Å². The van der Waals surface area contributed by atoms with Crippen LogP contribution in [0.1, 0.15) is 80.7 Å². The molecule has 39 heavy (non-hydrogen) atoms. The van der Waals surface area contributed by atoms with Crippen molar-refractivity contribution in [1.29, 1.82) is 0 Å². The summed E-state index contributed by atoms with van der Waals surface area (Å²) in [7, 11) is -2.62. The maximum atomic E-state index is 12.9. The highest BCUT2D eigenvalue weighted by Crippen LogP contribution is 2.54. The van der Waals surface area contributed by atoms with Crippen LogP contribution < -0.4 is 5.32 Å². The Morgan fingerprint density at radius 3 is 2.05 bits per heavy atom. The summed E-state index contributed by atoms with van der Waals surface area (Å²) in [5.41, 5.74) is 0.0307. The molecule has 0 atom stereocenters. The zero-order chi connectivity index (χ0) is 29.1. The number of alkyl carbamates (subject to hydrolysis) is 1. The third kappa shape index (κ3) is 8.49. The van der Waals surface area contributed by atoms with Crippen LogP contribution in [0.5, 0.6) is 0 Å². The minimum Gasteiger partial charge on any atom is -0.444 e. The van der Waals surface area contributed by atoms with Crippen molar-refractivity contribution in [3.63, 3.8) is 0 Å². The maximum absolute atomic E-state index is 12.9. The smallest absolute Gasteiger partial charge is 0.408 e. The van der Waals surface area contributed by atoms with Crippen molar-refractivity contribution in [3.8, 4) is 0 Å². The second-order valence-electron chi connectivity index (χ2n) is 13.7. The van der Waals surface area contributed by atoms with Crippen LogP contribution in [0.3, 0.4) is 0 Å². The third-order valence-corrected chi connectivity index (χ3v) is 13.2. The van der Waals surface area contributed by atoms with Crippen LogP contribution in [0.4, 0.5) is 4.79 Å². The maximum Gasteiger partial charge on any atom is 0.408 e. The molecule has 0 saturated carbocycles. The van der Waals surface area contributed by atoms with E-state index in [1.54, 1.807) is 11.8 Å². The number of ether oxygens (including phenoxy) is 1. The fourth-order valence-corrected chi connectivity index (χ4v) is 11.5. The SMILES string of the molecule is CC(C)(C)OC(=O)NC1(CCCc2ccc(Sc3cccc(Cl)c3)cc2)CO[Si](C(C)(C)C)(C(C)(C)C)OC1. The molecule has 1 fully saturated rings. The molecule has 8 heteroatoms. The molecular weight excluding hydrogens is 546 g/mol. The monoisotopic (exact) mass is 591 g/mol. The van der Waals surface area contributed by atoms with Crippen LogP contribution in [0, 0.1) is 0 Å². The topological polar surface area (TPSA) is 56.8 Å². The van der Waals surface area contributed by atoms with Crippen molar-refractivity contribution < 1.29 is 18.4 Å². The minimum absolute atomic E-state index is 0.117. The zero-order valence-corrected chi connectivity index (χ0v) is 27.6. The molecule has 1 amide bonds. The molecule has 1 aliphatic rings. The standard InChI is InChI=1S/C31H46ClNO4SSi/c1-28(2,3)37-27(34)33-31(21-35-39(36-22-31,29(4,5)6)30(7,8)9)19-11-12-23-15-17-25(18-16-23)38-26-14-10-13-24(32)20-26/h10,13-18,20H,11-12,19,21-22H2,1-9H3,(H,33,34). The summed E-state index contributed by atoms with van der Waals surface area (Å²) in [6.45, 7) is 19.7. The van der Waals surface area contributed by atoms with Crippen molar-refractivity contribution in [2.75, 3.05) is 13.2 Å². The zero-order valence-electron chi connectivity index (χ0n) is 25.1. The Labute approximate surface area is 246 Å². The first-order valence-electron chi connectivity index (χ1n) is 13.8. The van der Waals surface area contributed by atoms with Crippen LogP contribution in [-0.2, 0) is 20.0 Å². The molecule has 0 unspecified atom stereocenters. The Morgan fingerprint density at radius 1 is 0.949 bits per heavy atom. The van der Waals surface area contributed by atoms with Crippen molar-refractivity contribution in [1.82, 2.24) is 5.32 Å². The predicted molar refractivity (Wildman–Crippen MR) is 164 cm³/mol. The molecule has 1 saturated heterocycles. The van der Waals surface area contributed by atoms with Gasteiger partial charge in [-0.1, -0.05) is 83.1 Å². The highest BCUT2D eigenvalue weighted by atomic mass is 35.5. The lowest BCUT2D eigenvalue weighted by Crippen LogP contribution is -2.69. The molecule has 5 nitrogen and oxygen atoms in total. The summed E-state index contributed by atoms with van der Waals surface area (Å²) < 4.78 is 19.1. The molecule has 0 aliphatic carbocycles. The molecule has 2 aromatic carbocycles. The minimum atomic E-state index is -2.62. The van der Waals surface area contributed by atoms with E-state index in [4.69, 9.17) is 25.2 Å². The van der Waals surface area contributed by atoms with Gasteiger partial charge in [-0.3, -0.25) is 0 Å². The van der Waals surface area contributed by atoms with Gasteiger partial charge in [0.1, 0.15) is 5.60 Å². The van der Waals surface area contributed by atoms with E-state index in [-0.39, 0.29) is 10.1 Å². The van der Waals surface area contributed by atoms with E-state index in [1.807, 2.05) is 39.0 Å². The van der Waals surface area contributed by atoms with Crippen molar-refractivity contribution >= 4 is 38.0 Å². The quantitative estimate of drug-likeness (QED) is 0.325. The van der Waals surface area contributed by atoms with Gasteiger partial charge in [-0.25, -0.2) is 4.79 Å². The fraction of sp³-hybridized carbons (Fsp3) is 0.581. The lowest BCUT2D eigenvalue weighted by Gasteiger charge is -2.55. The van der Waals surface area contributed by atoms with Crippen LogP contribution in [0.15, 0.2) is 58.3 Å². The van der Waals surface area contributed by atoms with E-state index in [1.165, 1.54) is 10.5 Å². The summed E-state index contributed by atoms with van der Waals surface area (Å²) in [5, 5.41) is 3.66. The lowest BCUT2D eigenvalue weighted by molar-refractivity contribution is -0.0152. The Hall–Kier alpha value is -1.51. The lowest BCUT2D eigenvalue weighted by atomic mass is 9.93. The number of nitrogens with one attached hydrogen (secondary N) is 1. The Kier molecular flexibility index (Phi) is 9.97. The molecule has 0 spiro atoms. The van der Waals surface area contributed by atoms with E-state index in [9.17, 15) is 4.79 Å². The molecule has 0 aromatic heterocycles. The molecule has 3 rings (SSSR count). The summed E-state index contributed by atoms with van der Waals surface area (Å²) in [6.07, 6.45) is 2.06. The average Bonchev–Trinajstić information content (AvgIpc) is 2.78. The van der Waals surface area contributed by atoms with Crippen LogP contribution in [0.25, 0.3) is 0 Å². The van der Waals surface area contributed by atoms with Gasteiger partial charge in [0.15, 0.2) is 0 Å². The molecule has 216 valence electrons. The molecule has 0 radical (unpaired) electrons. The number of carbonyl (C=O) groups is 1. The molecule has 0 bridgehead atoms. The Bertz CT molecular complexity index is 1100. The fourth-order valence-electron chi connectivity index (χ4n) is 5.37. The van der Waals surface area contributed by atoms with Gasteiger partial charge in [0.05, 0.1) is 18.8 Å². The number of aryl methyl sites for hydroxylation is 1. The summed E-state index contributed by atoms with van der Waals surface area (Å²) >= 11 is 7.82. The van der Waals surface area contributed by atoms with Gasteiger partial charge in [-0.2, -0.15) is 0 Å².